The molecule has 1 aromatic heterocycles. The fourth-order valence-corrected chi connectivity index (χ4v) is 1.55. The van der Waals surface area contributed by atoms with Crippen molar-refractivity contribution in [2.24, 2.45) is 0 Å². The Kier molecular flexibility index (Phi) is 2.04. The van der Waals surface area contributed by atoms with Crippen LogP contribution in [-0.2, 0) is 24.2 Å². The third kappa shape index (κ3) is 1.20. The van der Waals surface area contributed by atoms with E-state index in [1.165, 1.54) is 11.3 Å². The first-order valence-corrected chi connectivity index (χ1v) is 4.31. The molecule has 0 atom stereocenters. The zero-order valence-electron chi connectivity index (χ0n) is 7.21. The van der Waals surface area contributed by atoms with Crippen molar-refractivity contribution in [3.63, 3.8) is 0 Å². The number of rotatable bonds is 1. The monoisotopic (exact) mass is 164 g/mol. The molecule has 0 amide bonds. The van der Waals surface area contributed by atoms with Crippen molar-refractivity contribution in [1.82, 2.24) is 9.97 Å². The molecule has 0 aliphatic carbocycles. The van der Waals surface area contributed by atoms with E-state index in [1.807, 2.05) is 0 Å². The maximum absolute atomic E-state index is 5.31. The largest absolute Gasteiger partial charge is 0.375 e. The molecule has 0 aromatic carbocycles. The van der Waals surface area contributed by atoms with Gasteiger partial charge in [0.25, 0.3) is 0 Å². The zero-order valence-corrected chi connectivity index (χ0v) is 7.21. The summed E-state index contributed by atoms with van der Waals surface area (Å²) in [6.45, 7) is 3.59. The number of aromatic nitrogens is 2. The summed E-state index contributed by atoms with van der Waals surface area (Å²) in [7, 11) is 0. The standard InChI is InChI=1S/C9H12N2O/c1-2-8-7-3-4-12-5-9(7)11-6-10-8/h6H,2-5H2,1H3. The fourth-order valence-electron chi connectivity index (χ4n) is 1.55. The van der Waals surface area contributed by atoms with Crippen LogP contribution < -0.4 is 0 Å². The Morgan fingerprint density at radius 2 is 2.42 bits per heavy atom. The number of ether oxygens (including phenoxy) is 1. The van der Waals surface area contributed by atoms with Crippen molar-refractivity contribution >= 4 is 0 Å². The van der Waals surface area contributed by atoms with Gasteiger partial charge in [-0.3, -0.25) is 0 Å². The van der Waals surface area contributed by atoms with Crippen LogP contribution in [-0.4, -0.2) is 16.6 Å². The van der Waals surface area contributed by atoms with Gasteiger partial charge in [-0.1, -0.05) is 6.92 Å². The van der Waals surface area contributed by atoms with Crippen molar-refractivity contribution in [2.75, 3.05) is 6.61 Å². The summed E-state index contributed by atoms with van der Waals surface area (Å²) in [4.78, 5) is 8.44. The highest BCUT2D eigenvalue weighted by atomic mass is 16.5. The molecule has 2 heterocycles. The van der Waals surface area contributed by atoms with Crippen LogP contribution in [0.5, 0.6) is 0 Å². The van der Waals surface area contributed by atoms with Gasteiger partial charge < -0.3 is 4.74 Å². The van der Waals surface area contributed by atoms with Gasteiger partial charge >= 0.3 is 0 Å². The molecule has 1 aromatic rings. The van der Waals surface area contributed by atoms with Gasteiger partial charge in [-0.15, -0.1) is 0 Å². The Hall–Kier alpha value is -0.960. The summed E-state index contributed by atoms with van der Waals surface area (Å²) < 4.78 is 5.31. The summed E-state index contributed by atoms with van der Waals surface area (Å²) in [5, 5.41) is 0. The Labute approximate surface area is 71.8 Å². The predicted molar refractivity (Wildman–Crippen MR) is 44.8 cm³/mol. The van der Waals surface area contributed by atoms with Crippen LogP contribution in [0.15, 0.2) is 6.33 Å². The van der Waals surface area contributed by atoms with Crippen molar-refractivity contribution in [1.29, 1.82) is 0 Å². The van der Waals surface area contributed by atoms with E-state index in [2.05, 4.69) is 16.9 Å². The molecule has 0 bridgehead atoms. The van der Waals surface area contributed by atoms with Crippen LogP contribution in [0.4, 0.5) is 0 Å². The number of hydrogen-bond acceptors (Lipinski definition) is 3. The van der Waals surface area contributed by atoms with Gasteiger partial charge in [0.05, 0.1) is 18.9 Å². The lowest BCUT2D eigenvalue weighted by atomic mass is 10.1. The van der Waals surface area contributed by atoms with E-state index in [0.29, 0.717) is 6.61 Å². The van der Waals surface area contributed by atoms with Crippen LogP contribution in [0.2, 0.25) is 0 Å². The summed E-state index contributed by atoms with van der Waals surface area (Å²) in [6, 6.07) is 0. The van der Waals surface area contributed by atoms with E-state index < -0.39 is 0 Å². The molecule has 12 heavy (non-hydrogen) atoms. The number of hydrogen-bond donors (Lipinski definition) is 0. The first kappa shape index (κ1) is 7.68. The third-order valence-electron chi connectivity index (χ3n) is 2.19. The second kappa shape index (κ2) is 3.19. The molecular weight excluding hydrogens is 152 g/mol. The van der Waals surface area contributed by atoms with Crippen LogP contribution in [0, 0.1) is 0 Å². The first-order valence-electron chi connectivity index (χ1n) is 4.31. The third-order valence-corrected chi connectivity index (χ3v) is 2.19. The van der Waals surface area contributed by atoms with E-state index in [4.69, 9.17) is 4.74 Å². The second-order valence-corrected chi connectivity index (χ2v) is 2.90. The zero-order chi connectivity index (χ0) is 8.39. The molecule has 0 saturated carbocycles. The summed E-state index contributed by atoms with van der Waals surface area (Å²) in [5.74, 6) is 0. The van der Waals surface area contributed by atoms with Crippen molar-refractivity contribution in [2.45, 2.75) is 26.4 Å². The van der Waals surface area contributed by atoms with E-state index in [0.717, 1.165) is 25.1 Å². The van der Waals surface area contributed by atoms with Gasteiger partial charge in [0.15, 0.2) is 0 Å². The molecule has 1 aliphatic rings. The maximum Gasteiger partial charge on any atom is 0.116 e. The molecule has 0 saturated heterocycles. The molecular formula is C9H12N2O. The Morgan fingerprint density at radius 1 is 1.50 bits per heavy atom. The molecule has 0 radical (unpaired) electrons. The Bertz CT molecular complexity index is 272. The van der Waals surface area contributed by atoms with Gasteiger partial charge in [0.1, 0.15) is 6.33 Å². The number of nitrogens with zero attached hydrogens (tertiary/aromatic N) is 2. The highest BCUT2D eigenvalue weighted by Crippen LogP contribution is 2.16. The van der Waals surface area contributed by atoms with Crippen molar-refractivity contribution in [3.8, 4) is 0 Å². The highest BCUT2D eigenvalue weighted by Gasteiger charge is 2.13. The lowest BCUT2D eigenvalue weighted by Crippen LogP contribution is -2.14. The average molecular weight is 164 g/mol. The first-order chi connectivity index (χ1) is 5.92. The van der Waals surface area contributed by atoms with E-state index >= 15 is 0 Å². The summed E-state index contributed by atoms with van der Waals surface area (Å²) in [6.07, 6.45) is 3.59. The number of fused-ring (bicyclic) bond motifs is 1. The van der Waals surface area contributed by atoms with Gasteiger partial charge in [-0.25, -0.2) is 9.97 Å². The quantitative estimate of drug-likeness (QED) is 0.623. The lowest BCUT2D eigenvalue weighted by Gasteiger charge is -2.16. The van der Waals surface area contributed by atoms with E-state index in [1.54, 1.807) is 6.33 Å². The minimum Gasteiger partial charge on any atom is -0.375 e. The van der Waals surface area contributed by atoms with Gasteiger partial charge in [0, 0.05) is 5.69 Å². The minimum absolute atomic E-state index is 0.658. The molecule has 1 aliphatic heterocycles. The molecule has 3 heteroatoms. The summed E-state index contributed by atoms with van der Waals surface area (Å²) in [5.41, 5.74) is 3.57. The van der Waals surface area contributed by atoms with Crippen LogP contribution in [0.25, 0.3) is 0 Å². The molecule has 0 fully saturated rings. The van der Waals surface area contributed by atoms with E-state index in [-0.39, 0.29) is 0 Å². The van der Waals surface area contributed by atoms with Gasteiger partial charge in [-0.05, 0) is 18.4 Å². The maximum atomic E-state index is 5.31. The van der Waals surface area contributed by atoms with Gasteiger partial charge in [-0.2, -0.15) is 0 Å². The Morgan fingerprint density at radius 3 is 3.25 bits per heavy atom. The van der Waals surface area contributed by atoms with Crippen LogP contribution >= 0.6 is 0 Å². The lowest BCUT2D eigenvalue weighted by molar-refractivity contribution is 0.106. The van der Waals surface area contributed by atoms with Crippen LogP contribution in [0.1, 0.15) is 23.9 Å². The van der Waals surface area contributed by atoms with Gasteiger partial charge in [0.2, 0.25) is 0 Å². The molecule has 2 rings (SSSR count). The molecule has 3 nitrogen and oxygen atoms in total. The topological polar surface area (TPSA) is 35.0 Å². The SMILES string of the molecule is CCc1ncnc2c1CCOC2. The van der Waals surface area contributed by atoms with Crippen LogP contribution in [0.3, 0.4) is 0 Å². The smallest absolute Gasteiger partial charge is 0.116 e. The molecule has 64 valence electrons. The van der Waals surface area contributed by atoms with E-state index in [9.17, 15) is 0 Å². The highest BCUT2D eigenvalue weighted by molar-refractivity contribution is 5.25. The normalized spacial score (nSPS) is 15.8. The molecule has 0 spiro atoms. The average Bonchev–Trinajstić information content (AvgIpc) is 2.17. The van der Waals surface area contributed by atoms with Crippen molar-refractivity contribution < 1.29 is 4.74 Å². The minimum atomic E-state index is 0.658. The number of aryl methyl sites for hydroxylation is 1. The Balaban J connectivity index is 2.44. The summed E-state index contributed by atoms with van der Waals surface area (Å²) >= 11 is 0. The molecule has 0 unspecified atom stereocenters. The second-order valence-electron chi connectivity index (χ2n) is 2.90. The molecule has 0 N–H and O–H groups in total. The van der Waals surface area contributed by atoms with Crippen molar-refractivity contribution in [3.05, 3.63) is 23.3 Å². The fraction of sp³-hybridized carbons (Fsp3) is 0.556. The predicted octanol–water partition coefficient (Wildman–Crippen LogP) is 1.11.